The lowest BCUT2D eigenvalue weighted by molar-refractivity contribution is 0.120. The molecule has 1 N–H and O–H groups in total. The van der Waals surface area contributed by atoms with Crippen molar-refractivity contribution in [2.24, 2.45) is 0 Å². The Labute approximate surface area is 170 Å². The Kier molecular flexibility index (Phi) is 6.21. The summed E-state index contributed by atoms with van der Waals surface area (Å²) in [6.45, 7) is 6.20. The zero-order valence-corrected chi connectivity index (χ0v) is 16.9. The molecule has 1 fully saturated rings. The van der Waals surface area contributed by atoms with Gasteiger partial charge in [-0.1, -0.05) is 53.7 Å². The van der Waals surface area contributed by atoms with Crippen LogP contribution in [-0.4, -0.2) is 60.8 Å². The maximum absolute atomic E-state index is 9.07. The second kappa shape index (κ2) is 8.80. The molecular weight excluding hydrogens is 376 g/mol. The SMILES string of the molecule is OCCN1CCN(CC=CC2c3ccccc3Sc3ccc(Cl)cc32)CC1. The molecule has 3 nitrogen and oxygen atoms in total. The summed E-state index contributed by atoms with van der Waals surface area (Å²) in [5, 5.41) is 9.87. The molecule has 0 aromatic heterocycles. The van der Waals surface area contributed by atoms with Crippen LogP contribution in [0.3, 0.4) is 0 Å². The molecule has 0 aliphatic carbocycles. The molecule has 0 bridgehead atoms. The monoisotopic (exact) mass is 400 g/mol. The van der Waals surface area contributed by atoms with Crippen LogP contribution in [0.2, 0.25) is 5.02 Å². The van der Waals surface area contributed by atoms with Gasteiger partial charge in [0.25, 0.3) is 0 Å². The molecule has 4 rings (SSSR count). The van der Waals surface area contributed by atoms with Gasteiger partial charge in [-0.05, 0) is 35.4 Å². The van der Waals surface area contributed by atoms with Crippen LogP contribution in [0.25, 0.3) is 0 Å². The van der Waals surface area contributed by atoms with Gasteiger partial charge in [-0.3, -0.25) is 9.80 Å². The van der Waals surface area contributed by atoms with Crippen LogP contribution in [0.4, 0.5) is 0 Å². The van der Waals surface area contributed by atoms with Gasteiger partial charge in [0.15, 0.2) is 0 Å². The van der Waals surface area contributed by atoms with E-state index in [0.29, 0.717) is 0 Å². The number of halogens is 1. The minimum absolute atomic E-state index is 0.251. The molecule has 0 saturated carbocycles. The smallest absolute Gasteiger partial charge is 0.0558 e. The van der Waals surface area contributed by atoms with Gasteiger partial charge in [-0.2, -0.15) is 0 Å². The van der Waals surface area contributed by atoms with E-state index in [9.17, 15) is 0 Å². The number of hydrogen-bond donors (Lipinski definition) is 1. The van der Waals surface area contributed by atoms with Crippen molar-refractivity contribution in [2.75, 3.05) is 45.9 Å². The number of β-amino-alcohol motifs (C(OH)–C–C–N with tert-alkyl or cyclic N) is 1. The molecule has 2 aliphatic rings. The second-order valence-corrected chi connectivity index (χ2v) is 8.61. The summed E-state index contributed by atoms with van der Waals surface area (Å²) >= 11 is 8.13. The third-order valence-electron chi connectivity index (χ3n) is 5.35. The summed E-state index contributed by atoms with van der Waals surface area (Å²) in [6, 6.07) is 14.9. The van der Waals surface area contributed by atoms with E-state index in [2.05, 4.69) is 58.4 Å². The number of piperazine rings is 1. The first-order valence-corrected chi connectivity index (χ1v) is 10.7. The Morgan fingerprint density at radius 2 is 1.74 bits per heavy atom. The first-order chi connectivity index (χ1) is 13.2. The lowest BCUT2D eigenvalue weighted by Gasteiger charge is -2.33. The van der Waals surface area contributed by atoms with Crippen LogP contribution < -0.4 is 0 Å². The van der Waals surface area contributed by atoms with Crippen LogP contribution in [0.5, 0.6) is 0 Å². The maximum atomic E-state index is 9.07. The third kappa shape index (κ3) is 4.41. The van der Waals surface area contributed by atoms with Gasteiger partial charge in [0.2, 0.25) is 0 Å². The zero-order chi connectivity index (χ0) is 18.6. The van der Waals surface area contributed by atoms with Crippen molar-refractivity contribution in [2.45, 2.75) is 15.7 Å². The Balaban J connectivity index is 1.49. The number of aliphatic hydroxyl groups is 1. The van der Waals surface area contributed by atoms with Gasteiger partial charge in [-0.25, -0.2) is 0 Å². The molecule has 2 aromatic carbocycles. The van der Waals surface area contributed by atoms with Crippen molar-refractivity contribution in [3.63, 3.8) is 0 Å². The van der Waals surface area contributed by atoms with E-state index in [0.717, 1.165) is 44.3 Å². The Morgan fingerprint density at radius 1 is 1.00 bits per heavy atom. The predicted molar refractivity (Wildman–Crippen MR) is 113 cm³/mol. The van der Waals surface area contributed by atoms with Crippen LogP contribution in [0, 0.1) is 0 Å². The fraction of sp³-hybridized carbons (Fsp3) is 0.364. The minimum atomic E-state index is 0.251. The molecule has 1 saturated heterocycles. The highest BCUT2D eigenvalue weighted by Crippen LogP contribution is 2.46. The first kappa shape index (κ1) is 19.0. The van der Waals surface area contributed by atoms with Gasteiger partial charge in [0.05, 0.1) is 6.61 Å². The molecule has 5 heteroatoms. The van der Waals surface area contributed by atoms with Crippen LogP contribution in [-0.2, 0) is 0 Å². The fourth-order valence-corrected chi connectivity index (χ4v) is 5.18. The molecule has 0 radical (unpaired) electrons. The van der Waals surface area contributed by atoms with Crippen molar-refractivity contribution >= 4 is 23.4 Å². The molecule has 1 atom stereocenters. The van der Waals surface area contributed by atoms with E-state index >= 15 is 0 Å². The van der Waals surface area contributed by atoms with Crippen molar-refractivity contribution in [1.82, 2.24) is 9.80 Å². The summed E-state index contributed by atoms with van der Waals surface area (Å²) in [7, 11) is 0. The number of aliphatic hydroxyl groups excluding tert-OH is 1. The summed E-state index contributed by atoms with van der Waals surface area (Å²) < 4.78 is 0. The molecule has 142 valence electrons. The fourth-order valence-electron chi connectivity index (χ4n) is 3.86. The Hall–Kier alpha value is -1.30. The first-order valence-electron chi connectivity index (χ1n) is 9.53. The quantitative estimate of drug-likeness (QED) is 0.764. The van der Waals surface area contributed by atoms with E-state index in [-0.39, 0.29) is 12.5 Å². The lowest BCUT2D eigenvalue weighted by Crippen LogP contribution is -2.47. The van der Waals surface area contributed by atoms with Gasteiger partial charge < -0.3 is 5.11 Å². The minimum Gasteiger partial charge on any atom is -0.395 e. The van der Waals surface area contributed by atoms with Crippen molar-refractivity contribution in [3.05, 3.63) is 70.8 Å². The van der Waals surface area contributed by atoms with Crippen molar-refractivity contribution < 1.29 is 5.11 Å². The Morgan fingerprint density at radius 3 is 2.56 bits per heavy atom. The van der Waals surface area contributed by atoms with Gasteiger partial charge >= 0.3 is 0 Å². The zero-order valence-electron chi connectivity index (χ0n) is 15.4. The summed E-state index contributed by atoms with van der Waals surface area (Å²) in [5.41, 5.74) is 2.66. The predicted octanol–water partition coefficient (Wildman–Crippen LogP) is 4.10. The van der Waals surface area contributed by atoms with Crippen LogP contribution >= 0.6 is 23.4 Å². The largest absolute Gasteiger partial charge is 0.395 e. The molecule has 1 unspecified atom stereocenters. The average Bonchev–Trinajstić information content (AvgIpc) is 2.69. The normalized spacial score (nSPS) is 20.6. The topological polar surface area (TPSA) is 26.7 Å². The highest BCUT2D eigenvalue weighted by atomic mass is 35.5. The van der Waals surface area contributed by atoms with Crippen LogP contribution in [0.15, 0.2) is 64.4 Å². The highest BCUT2D eigenvalue weighted by molar-refractivity contribution is 7.99. The summed E-state index contributed by atoms with van der Waals surface area (Å²) in [4.78, 5) is 7.43. The molecule has 2 aliphatic heterocycles. The van der Waals surface area contributed by atoms with Crippen molar-refractivity contribution in [3.8, 4) is 0 Å². The number of rotatable bonds is 5. The van der Waals surface area contributed by atoms with Gasteiger partial charge in [0.1, 0.15) is 0 Å². The molecule has 0 spiro atoms. The molecule has 2 heterocycles. The second-order valence-electron chi connectivity index (χ2n) is 7.09. The standard InChI is InChI=1S/C22H25ClN2OS/c23-17-7-8-22-20(16-17)18(19-4-1-2-6-21(19)27-22)5-3-9-24-10-12-25(13-11-24)14-15-26/h1-8,16,18,26H,9-15H2. The number of benzene rings is 2. The molecular formula is C22H25ClN2OS. The van der Waals surface area contributed by atoms with E-state index in [1.165, 1.54) is 20.9 Å². The summed E-state index contributed by atoms with van der Waals surface area (Å²) in [5.74, 6) is 0.256. The van der Waals surface area contributed by atoms with Gasteiger partial charge in [0, 0.05) is 60.0 Å². The van der Waals surface area contributed by atoms with E-state index in [1.54, 1.807) is 0 Å². The number of fused-ring (bicyclic) bond motifs is 2. The Bertz CT molecular complexity index is 818. The average molecular weight is 401 g/mol. The van der Waals surface area contributed by atoms with Crippen molar-refractivity contribution in [1.29, 1.82) is 0 Å². The molecule has 2 aromatic rings. The number of allylic oxidation sites excluding steroid dienone is 1. The van der Waals surface area contributed by atoms with Crippen LogP contribution in [0.1, 0.15) is 17.0 Å². The van der Waals surface area contributed by atoms with E-state index in [4.69, 9.17) is 16.7 Å². The highest BCUT2D eigenvalue weighted by Gasteiger charge is 2.24. The van der Waals surface area contributed by atoms with E-state index in [1.807, 2.05) is 17.8 Å². The van der Waals surface area contributed by atoms with E-state index < -0.39 is 0 Å². The molecule has 0 amide bonds. The maximum Gasteiger partial charge on any atom is 0.0558 e. The third-order valence-corrected chi connectivity index (χ3v) is 6.77. The number of hydrogen-bond acceptors (Lipinski definition) is 4. The number of nitrogens with zero attached hydrogens (tertiary/aromatic N) is 2. The molecule has 27 heavy (non-hydrogen) atoms. The lowest BCUT2D eigenvalue weighted by atomic mass is 9.90. The summed E-state index contributed by atoms with van der Waals surface area (Å²) in [6.07, 6.45) is 4.65. The van der Waals surface area contributed by atoms with Gasteiger partial charge in [-0.15, -0.1) is 0 Å².